The lowest BCUT2D eigenvalue weighted by atomic mass is 9.94. The van der Waals surface area contributed by atoms with Gasteiger partial charge in [-0.1, -0.05) is 54.6 Å². The summed E-state index contributed by atoms with van der Waals surface area (Å²) in [6.45, 7) is 4.28. The molecule has 0 radical (unpaired) electrons. The van der Waals surface area contributed by atoms with Crippen LogP contribution < -0.4 is 16.0 Å². The van der Waals surface area contributed by atoms with Gasteiger partial charge in [0.25, 0.3) is 0 Å². The zero-order valence-corrected chi connectivity index (χ0v) is 20.7. The quantitative estimate of drug-likeness (QED) is 0.468. The van der Waals surface area contributed by atoms with Gasteiger partial charge in [0.2, 0.25) is 0 Å². The van der Waals surface area contributed by atoms with Crippen LogP contribution in [0.3, 0.4) is 0 Å². The van der Waals surface area contributed by atoms with Gasteiger partial charge in [0.1, 0.15) is 6.10 Å². The van der Waals surface area contributed by atoms with Crippen LogP contribution in [0.25, 0.3) is 10.8 Å². The molecule has 0 bridgehead atoms. The van der Waals surface area contributed by atoms with Gasteiger partial charge in [0.15, 0.2) is 0 Å². The number of hydrogen-bond acceptors (Lipinski definition) is 5. The normalized spacial score (nSPS) is 23.4. The fourth-order valence-electron chi connectivity index (χ4n) is 5.63. The summed E-state index contributed by atoms with van der Waals surface area (Å²) in [5.74, 6) is -0.133. The average molecular weight is 472 g/mol. The van der Waals surface area contributed by atoms with Gasteiger partial charge in [-0.25, -0.2) is 0 Å². The highest BCUT2D eigenvalue weighted by molar-refractivity contribution is 5.86. The molecule has 1 saturated heterocycles. The standard InChI is InChI=1S/C30H37N3O2/c1-21(28-8-4-6-23-5-2-3-7-29(23)28)32-25-17-18-33(20-25)26-13-9-22(10-14-26)19-30(34)35-27-15-11-24(31)12-16-27/h2-10,13-14,21,24-25,27,32H,11-12,15-20,31H2,1H3/t21-,24?,25+,27?/m1/s1. The summed E-state index contributed by atoms with van der Waals surface area (Å²) in [6.07, 6.45) is 5.14. The molecule has 0 amide bonds. The van der Waals surface area contributed by atoms with Crippen LogP contribution >= 0.6 is 0 Å². The average Bonchev–Trinajstić information content (AvgIpc) is 3.34. The number of anilines is 1. The number of hydrogen-bond donors (Lipinski definition) is 2. The molecule has 2 aliphatic rings. The lowest BCUT2D eigenvalue weighted by molar-refractivity contribution is -0.149. The molecule has 0 unspecified atom stereocenters. The number of carbonyl (C=O) groups is 1. The first kappa shape index (κ1) is 23.8. The van der Waals surface area contributed by atoms with E-state index < -0.39 is 0 Å². The molecule has 3 aromatic rings. The second-order valence-corrected chi connectivity index (χ2v) is 10.3. The maximum absolute atomic E-state index is 12.4. The Hall–Kier alpha value is -2.89. The van der Waals surface area contributed by atoms with E-state index in [1.165, 1.54) is 22.0 Å². The first-order valence-electron chi connectivity index (χ1n) is 13.1. The Balaban J connectivity index is 1.13. The minimum atomic E-state index is -0.133. The molecule has 2 atom stereocenters. The van der Waals surface area contributed by atoms with E-state index in [0.29, 0.717) is 18.5 Å². The molecule has 5 heteroatoms. The molecule has 1 aliphatic heterocycles. The van der Waals surface area contributed by atoms with E-state index in [2.05, 4.69) is 83.9 Å². The highest BCUT2D eigenvalue weighted by Crippen LogP contribution is 2.27. The monoisotopic (exact) mass is 471 g/mol. The molecular weight excluding hydrogens is 434 g/mol. The number of nitrogens with one attached hydrogen (secondary N) is 1. The molecule has 1 heterocycles. The van der Waals surface area contributed by atoms with E-state index in [0.717, 1.165) is 50.8 Å². The Labute approximate surface area is 208 Å². The van der Waals surface area contributed by atoms with E-state index in [1.54, 1.807) is 0 Å². The highest BCUT2D eigenvalue weighted by atomic mass is 16.5. The predicted octanol–water partition coefficient (Wildman–Crippen LogP) is 5.12. The summed E-state index contributed by atoms with van der Waals surface area (Å²) in [4.78, 5) is 14.8. The summed E-state index contributed by atoms with van der Waals surface area (Å²) in [5, 5.41) is 6.47. The Bertz CT molecular complexity index is 1130. The minimum Gasteiger partial charge on any atom is -0.462 e. The summed E-state index contributed by atoms with van der Waals surface area (Å²) < 4.78 is 5.67. The number of rotatable bonds is 7. The van der Waals surface area contributed by atoms with Gasteiger partial charge in [-0.15, -0.1) is 0 Å². The van der Waals surface area contributed by atoms with Crippen molar-refractivity contribution >= 4 is 22.4 Å². The predicted molar refractivity (Wildman–Crippen MR) is 143 cm³/mol. The van der Waals surface area contributed by atoms with Gasteiger partial charge in [0, 0.05) is 36.9 Å². The molecule has 35 heavy (non-hydrogen) atoms. The summed E-state index contributed by atoms with van der Waals surface area (Å²) in [6, 6.07) is 24.6. The second-order valence-electron chi connectivity index (χ2n) is 10.3. The summed E-state index contributed by atoms with van der Waals surface area (Å²) in [5.41, 5.74) is 9.52. The third-order valence-corrected chi connectivity index (χ3v) is 7.63. The molecule has 5 nitrogen and oxygen atoms in total. The molecule has 1 saturated carbocycles. The molecule has 0 aromatic heterocycles. The maximum atomic E-state index is 12.4. The minimum absolute atomic E-state index is 0.0341. The van der Waals surface area contributed by atoms with Crippen molar-refractivity contribution < 1.29 is 9.53 Å². The molecule has 5 rings (SSSR count). The van der Waals surface area contributed by atoms with Crippen LogP contribution in [0.5, 0.6) is 0 Å². The van der Waals surface area contributed by atoms with Crippen LogP contribution in [0.4, 0.5) is 5.69 Å². The van der Waals surface area contributed by atoms with Gasteiger partial charge in [-0.05, 0) is 73.1 Å². The van der Waals surface area contributed by atoms with Gasteiger partial charge in [-0.3, -0.25) is 4.79 Å². The zero-order chi connectivity index (χ0) is 24.2. The Kier molecular flexibility index (Phi) is 7.35. The SMILES string of the molecule is C[C@@H](N[C@H]1CCN(c2ccc(CC(=O)OC3CCC(N)CC3)cc2)C1)c1cccc2ccccc12. The number of fused-ring (bicyclic) bond motifs is 1. The van der Waals surface area contributed by atoms with Gasteiger partial charge in [-0.2, -0.15) is 0 Å². The lowest BCUT2D eigenvalue weighted by Gasteiger charge is -2.26. The third-order valence-electron chi connectivity index (χ3n) is 7.63. The van der Waals surface area contributed by atoms with E-state index >= 15 is 0 Å². The highest BCUT2D eigenvalue weighted by Gasteiger charge is 2.25. The van der Waals surface area contributed by atoms with Crippen LogP contribution in [0.15, 0.2) is 66.7 Å². The van der Waals surface area contributed by atoms with Crippen molar-refractivity contribution in [3.8, 4) is 0 Å². The topological polar surface area (TPSA) is 67.6 Å². The van der Waals surface area contributed by atoms with Crippen molar-refractivity contribution in [3.05, 3.63) is 77.9 Å². The molecule has 2 fully saturated rings. The van der Waals surface area contributed by atoms with Crippen LogP contribution in [0, 0.1) is 0 Å². The summed E-state index contributed by atoms with van der Waals surface area (Å²) in [7, 11) is 0. The fourth-order valence-corrected chi connectivity index (χ4v) is 5.63. The summed E-state index contributed by atoms with van der Waals surface area (Å²) >= 11 is 0. The lowest BCUT2D eigenvalue weighted by Crippen LogP contribution is -2.34. The zero-order valence-electron chi connectivity index (χ0n) is 20.7. The number of nitrogens with zero attached hydrogens (tertiary/aromatic N) is 1. The molecule has 3 N–H and O–H groups in total. The number of esters is 1. The van der Waals surface area contributed by atoms with Crippen molar-refractivity contribution in [1.82, 2.24) is 5.32 Å². The Morgan fingerprint density at radius 3 is 2.54 bits per heavy atom. The van der Waals surface area contributed by atoms with E-state index in [9.17, 15) is 4.79 Å². The van der Waals surface area contributed by atoms with Crippen molar-refractivity contribution in [2.45, 2.75) is 69.7 Å². The number of carbonyl (C=O) groups excluding carboxylic acids is 1. The maximum Gasteiger partial charge on any atom is 0.310 e. The first-order valence-corrected chi connectivity index (χ1v) is 13.1. The van der Waals surface area contributed by atoms with Crippen molar-refractivity contribution in [3.63, 3.8) is 0 Å². The Morgan fingerprint density at radius 2 is 1.74 bits per heavy atom. The number of ether oxygens (including phenoxy) is 1. The van der Waals surface area contributed by atoms with Crippen molar-refractivity contribution in [2.24, 2.45) is 5.73 Å². The number of nitrogens with two attached hydrogens (primary N) is 1. The van der Waals surface area contributed by atoms with Gasteiger partial charge in [0.05, 0.1) is 6.42 Å². The fraction of sp³-hybridized carbons (Fsp3) is 0.433. The van der Waals surface area contributed by atoms with E-state index in [-0.39, 0.29) is 18.1 Å². The molecule has 184 valence electrons. The molecule has 3 aromatic carbocycles. The van der Waals surface area contributed by atoms with Crippen molar-refractivity contribution in [2.75, 3.05) is 18.0 Å². The number of benzene rings is 3. The molecular formula is C30H37N3O2. The molecule has 0 spiro atoms. The van der Waals surface area contributed by atoms with Crippen LogP contribution in [-0.4, -0.2) is 37.2 Å². The van der Waals surface area contributed by atoms with E-state index in [1.807, 2.05) is 0 Å². The van der Waals surface area contributed by atoms with Crippen LogP contribution in [0.1, 0.15) is 56.2 Å². The van der Waals surface area contributed by atoms with Crippen LogP contribution in [-0.2, 0) is 16.0 Å². The van der Waals surface area contributed by atoms with Gasteiger partial charge < -0.3 is 20.7 Å². The first-order chi connectivity index (χ1) is 17.0. The van der Waals surface area contributed by atoms with Crippen molar-refractivity contribution in [1.29, 1.82) is 0 Å². The van der Waals surface area contributed by atoms with Gasteiger partial charge >= 0.3 is 5.97 Å². The van der Waals surface area contributed by atoms with E-state index in [4.69, 9.17) is 10.5 Å². The van der Waals surface area contributed by atoms with Crippen LogP contribution in [0.2, 0.25) is 0 Å². The Morgan fingerprint density at radius 1 is 1.00 bits per heavy atom. The largest absolute Gasteiger partial charge is 0.462 e. The molecule has 1 aliphatic carbocycles. The second kappa shape index (κ2) is 10.8. The third kappa shape index (κ3) is 5.85. The smallest absolute Gasteiger partial charge is 0.310 e.